The average Bonchev–Trinajstić information content (AvgIpc) is 3.60. The molecule has 2 heteroatoms. The number of furan rings is 1. The molecule has 0 spiro atoms. The fourth-order valence-electron chi connectivity index (χ4n) is 6.96. The zero-order valence-electron chi connectivity index (χ0n) is 26.3. The minimum atomic E-state index is 0.876. The second kappa shape index (κ2) is 11.8. The number of anilines is 3. The Labute approximate surface area is 279 Å². The molecule has 9 aromatic rings. The highest BCUT2D eigenvalue weighted by Gasteiger charge is 2.16. The van der Waals surface area contributed by atoms with Crippen LogP contribution in [0.1, 0.15) is 0 Å². The van der Waals surface area contributed by atoms with E-state index >= 15 is 0 Å². The van der Waals surface area contributed by atoms with Crippen LogP contribution in [0.5, 0.6) is 0 Å². The van der Waals surface area contributed by atoms with Crippen LogP contribution < -0.4 is 4.90 Å². The summed E-state index contributed by atoms with van der Waals surface area (Å²) in [6.45, 7) is 0. The van der Waals surface area contributed by atoms with Gasteiger partial charge >= 0.3 is 0 Å². The minimum absolute atomic E-state index is 0.876. The Balaban J connectivity index is 1.10. The van der Waals surface area contributed by atoms with Crippen molar-refractivity contribution in [2.45, 2.75) is 0 Å². The molecular weight excluding hydrogens is 583 g/mol. The second-order valence-corrected chi connectivity index (χ2v) is 12.1. The fraction of sp³-hybridized carbons (Fsp3) is 0. The largest absolute Gasteiger partial charge is 0.456 e. The summed E-state index contributed by atoms with van der Waals surface area (Å²) in [6.07, 6.45) is 0. The first-order valence-corrected chi connectivity index (χ1v) is 16.3. The van der Waals surface area contributed by atoms with Gasteiger partial charge in [-0.2, -0.15) is 0 Å². The monoisotopic (exact) mass is 613 g/mol. The van der Waals surface area contributed by atoms with Gasteiger partial charge in [0.05, 0.1) is 0 Å². The Bertz CT molecular complexity index is 2510. The molecule has 0 N–H and O–H groups in total. The van der Waals surface area contributed by atoms with Crippen LogP contribution in [0.2, 0.25) is 0 Å². The molecule has 0 unspecified atom stereocenters. The van der Waals surface area contributed by atoms with Gasteiger partial charge in [0, 0.05) is 28.0 Å². The Morgan fingerprint density at radius 1 is 0.333 bits per heavy atom. The van der Waals surface area contributed by atoms with Crippen LogP contribution >= 0.6 is 0 Å². The van der Waals surface area contributed by atoms with Gasteiger partial charge in [-0.1, -0.05) is 133 Å². The second-order valence-electron chi connectivity index (χ2n) is 12.1. The highest BCUT2D eigenvalue weighted by Crippen LogP contribution is 2.40. The van der Waals surface area contributed by atoms with E-state index in [0.29, 0.717) is 0 Å². The van der Waals surface area contributed by atoms with Gasteiger partial charge in [-0.25, -0.2) is 0 Å². The predicted octanol–water partition coefficient (Wildman–Crippen LogP) is 13.2. The van der Waals surface area contributed by atoms with E-state index in [0.717, 1.165) is 50.5 Å². The van der Waals surface area contributed by atoms with Crippen LogP contribution in [0, 0.1) is 0 Å². The van der Waals surface area contributed by atoms with E-state index in [1.165, 1.54) is 32.7 Å². The van der Waals surface area contributed by atoms with Gasteiger partial charge in [-0.3, -0.25) is 0 Å². The van der Waals surface area contributed by atoms with E-state index in [-0.39, 0.29) is 0 Å². The molecule has 0 amide bonds. The Kier molecular flexibility index (Phi) is 6.84. The molecule has 0 saturated carbocycles. The number of rotatable bonds is 6. The lowest BCUT2D eigenvalue weighted by molar-refractivity contribution is 0.632. The van der Waals surface area contributed by atoms with Crippen molar-refractivity contribution < 1.29 is 4.42 Å². The van der Waals surface area contributed by atoms with Crippen LogP contribution in [-0.4, -0.2) is 0 Å². The minimum Gasteiger partial charge on any atom is -0.456 e. The van der Waals surface area contributed by atoms with E-state index in [2.05, 4.69) is 175 Å². The summed E-state index contributed by atoms with van der Waals surface area (Å²) in [5.74, 6) is 0.876. The third-order valence-corrected chi connectivity index (χ3v) is 9.27. The van der Waals surface area contributed by atoms with Crippen LogP contribution in [0.3, 0.4) is 0 Å². The number of fused-ring (bicyclic) bond motifs is 4. The molecule has 2 nitrogen and oxygen atoms in total. The summed E-state index contributed by atoms with van der Waals surface area (Å²) >= 11 is 0. The molecule has 48 heavy (non-hydrogen) atoms. The van der Waals surface area contributed by atoms with Gasteiger partial charge < -0.3 is 9.32 Å². The standard InChI is InChI=1S/C46H31NO/c1-2-14-36(15-3-1)47(38-28-24-33(25-29-38)44-30-34-12-4-6-17-40(34)41-18-8-9-19-42(41)44)37-26-22-32(23-27-37)39-16-7-10-20-43(39)46-31-35-13-5-11-21-45(35)48-46/h1-31H. The predicted molar refractivity (Wildman–Crippen MR) is 202 cm³/mol. The molecule has 0 fully saturated rings. The third-order valence-electron chi connectivity index (χ3n) is 9.27. The van der Waals surface area contributed by atoms with Gasteiger partial charge in [0.1, 0.15) is 11.3 Å². The molecule has 0 bridgehead atoms. The zero-order chi connectivity index (χ0) is 31.9. The van der Waals surface area contributed by atoms with Crippen molar-refractivity contribution >= 4 is 49.6 Å². The lowest BCUT2D eigenvalue weighted by Gasteiger charge is -2.26. The number of para-hydroxylation sites is 2. The van der Waals surface area contributed by atoms with Crippen molar-refractivity contribution in [1.29, 1.82) is 0 Å². The summed E-state index contributed by atoms with van der Waals surface area (Å²) in [5, 5.41) is 6.19. The highest BCUT2D eigenvalue weighted by atomic mass is 16.3. The lowest BCUT2D eigenvalue weighted by atomic mass is 9.93. The quantitative estimate of drug-likeness (QED) is 0.174. The molecule has 226 valence electrons. The first-order valence-electron chi connectivity index (χ1n) is 16.3. The first kappa shape index (κ1) is 27.9. The Morgan fingerprint density at radius 2 is 0.854 bits per heavy atom. The van der Waals surface area contributed by atoms with Gasteiger partial charge in [0.15, 0.2) is 0 Å². The molecule has 0 aliphatic heterocycles. The summed E-state index contributed by atoms with van der Waals surface area (Å²) in [6, 6.07) is 66.8. The number of hydrogen-bond donors (Lipinski definition) is 0. The lowest BCUT2D eigenvalue weighted by Crippen LogP contribution is -2.09. The van der Waals surface area contributed by atoms with Crippen molar-refractivity contribution in [3.05, 3.63) is 188 Å². The molecule has 0 aliphatic rings. The molecular formula is C46H31NO. The number of hydrogen-bond acceptors (Lipinski definition) is 2. The third kappa shape index (κ3) is 4.92. The van der Waals surface area contributed by atoms with E-state index in [1.54, 1.807) is 0 Å². The average molecular weight is 614 g/mol. The van der Waals surface area contributed by atoms with Crippen molar-refractivity contribution in [3.8, 4) is 33.6 Å². The van der Waals surface area contributed by atoms with Crippen LogP contribution in [0.4, 0.5) is 17.1 Å². The summed E-state index contributed by atoms with van der Waals surface area (Å²) < 4.78 is 6.27. The highest BCUT2D eigenvalue weighted by molar-refractivity contribution is 6.13. The topological polar surface area (TPSA) is 16.4 Å². The van der Waals surface area contributed by atoms with Crippen LogP contribution in [0.25, 0.3) is 66.1 Å². The van der Waals surface area contributed by atoms with E-state index in [1.807, 2.05) is 18.2 Å². The molecule has 0 atom stereocenters. The maximum absolute atomic E-state index is 6.27. The van der Waals surface area contributed by atoms with Crippen LogP contribution in [-0.2, 0) is 0 Å². The summed E-state index contributed by atoms with van der Waals surface area (Å²) in [5.41, 5.74) is 10.0. The van der Waals surface area contributed by atoms with Gasteiger partial charge in [-0.15, -0.1) is 0 Å². The normalized spacial score (nSPS) is 11.3. The van der Waals surface area contributed by atoms with E-state index in [4.69, 9.17) is 4.42 Å². The summed E-state index contributed by atoms with van der Waals surface area (Å²) in [4.78, 5) is 2.32. The Morgan fingerprint density at radius 3 is 1.56 bits per heavy atom. The number of nitrogens with zero attached hydrogens (tertiary/aromatic N) is 1. The van der Waals surface area contributed by atoms with Gasteiger partial charge in [-0.05, 0) is 98.4 Å². The maximum Gasteiger partial charge on any atom is 0.136 e. The van der Waals surface area contributed by atoms with E-state index in [9.17, 15) is 0 Å². The SMILES string of the molecule is c1ccc(N(c2ccc(-c3ccccc3-c3cc4ccccc4o3)cc2)c2ccc(-c3cc4ccccc4c4ccccc34)cc2)cc1. The smallest absolute Gasteiger partial charge is 0.136 e. The molecule has 1 aromatic heterocycles. The van der Waals surface area contributed by atoms with Crippen molar-refractivity contribution in [1.82, 2.24) is 0 Å². The first-order chi connectivity index (χ1) is 23.8. The van der Waals surface area contributed by atoms with Gasteiger partial charge in [0.2, 0.25) is 0 Å². The molecule has 1 heterocycles. The number of benzene rings is 8. The molecule has 8 aromatic carbocycles. The Hall–Kier alpha value is -6.38. The fourth-order valence-corrected chi connectivity index (χ4v) is 6.96. The zero-order valence-corrected chi connectivity index (χ0v) is 26.3. The van der Waals surface area contributed by atoms with Crippen molar-refractivity contribution in [3.63, 3.8) is 0 Å². The van der Waals surface area contributed by atoms with Crippen molar-refractivity contribution in [2.24, 2.45) is 0 Å². The van der Waals surface area contributed by atoms with Crippen molar-refractivity contribution in [2.75, 3.05) is 4.90 Å². The van der Waals surface area contributed by atoms with Gasteiger partial charge in [0.25, 0.3) is 0 Å². The summed E-state index contributed by atoms with van der Waals surface area (Å²) in [7, 11) is 0. The molecule has 0 saturated heterocycles. The maximum atomic E-state index is 6.27. The molecule has 9 rings (SSSR count). The van der Waals surface area contributed by atoms with E-state index < -0.39 is 0 Å². The van der Waals surface area contributed by atoms with Crippen LogP contribution in [0.15, 0.2) is 192 Å². The molecule has 0 radical (unpaired) electrons. The molecule has 0 aliphatic carbocycles.